The maximum Gasteiger partial charge on any atom is 0.164 e. The summed E-state index contributed by atoms with van der Waals surface area (Å²) in [5.74, 6) is 1.77. The molecule has 0 fully saturated rings. The Morgan fingerprint density at radius 1 is 0.317 bits per heavy atom. The third-order valence-electron chi connectivity index (χ3n) is 12.3. The predicted molar refractivity (Wildman–Crippen MR) is 256 cm³/mol. The van der Waals surface area contributed by atoms with Crippen LogP contribution >= 0.6 is 0 Å². The smallest absolute Gasteiger partial charge is 0.164 e. The van der Waals surface area contributed by atoms with Crippen LogP contribution in [0.4, 0.5) is 0 Å². The second kappa shape index (κ2) is 14.0. The van der Waals surface area contributed by atoms with E-state index in [0.29, 0.717) is 17.5 Å². The fraction of sp³-hybridized carbons (Fsp3) is 0. The van der Waals surface area contributed by atoms with Crippen LogP contribution in [0, 0.1) is 0 Å². The zero-order valence-corrected chi connectivity index (χ0v) is 33.7. The van der Waals surface area contributed by atoms with Gasteiger partial charge in [-0.25, -0.2) is 15.0 Å². The van der Waals surface area contributed by atoms with Gasteiger partial charge in [-0.1, -0.05) is 146 Å². The molecule has 0 aliphatic rings. The molecule has 0 bridgehead atoms. The highest BCUT2D eigenvalue weighted by molar-refractivity contribution is 6.21. The van der Waals surface area contributed by atoms with Crippen LogP contribution in [-0.2, 0) is 0 Å². The van der Waals surface area contributed by atoms with Crippen molar-refractivity contribution in [3.8, 4) is 62.1 Å². The zero-order valence-electron chi connectivity index (χ0n) is 33.7. The third-order valence-corrected chi connectivity index (χ3v) is 12.3. The van der Waals surface area contributed by atoms with Crippen LogP contribution in [0.2, 0.25) is 0 Å². The van der Waals surface area contributed by atoms with Gasteiger partial charge in [-0.2, -0.15) is 0 Å². The van der Waals surface area contributed by atoms with E-state index in [2.05, 4.69) is 138 Å². The minimum Gasteiger partial charge on any atom is -0.456 e. The zero-order chi connectivity index (χ0) is 41.4. The van der Waals surface area contributed by atoms with Gasteiger partial charge in [0.1, 0.15) is 22.3 Å². The van der Waals surface area contributed by atoms with Crippen LogP contribution in [0.3, 0.4) is 0 Å². The average molecular weight is 807 g/mol. The van der Waals surface area contributed by atoms with Gasteiger partial charge >= 0.3 is 0 Å². The number of para-hydroxylation sites is 3. The molecule has 6 heteroatoms. The van der Waals surface area contributed by atoms with Crippen molar-refractivity contribution in [2.24, 2.45) is 0 Å². The molecule has 13 aromatic rings. The molecular formula is C57H34N4O2. The molecule has 9 aromatic carbocycles. The first kappa shape index (κ1) is 35.2. The summed E-state index contributed by atoms with van der Waals surface area (Å²) >= 11 is 0. The van der Waals surface area contributed by atoms with Crippen molar-refractivity contribution in [2.75, 3.05) is 0 Å². The van der Waals surface area contributed by atoms with E-state index in [0.717, 1.165) is 99.5 Å². The van der Waals surface area contributed by atoms with Gasteiger partial charge in [0.05, 0.1) is 11.0 Å². The normalized spacial score (nSPS) is 11.8. The van der Waals surface area contributed by atoms with Gasteiger partial charge in [0.15, 0.2) is 17.5 Å². The van der Waals surface area contributed by atoms with E-state index >= 15 is 0 Å². The Morgan fingerprint density at radius 2 is 0.857 bits per heavy atom. The Hall–Kier alpha value is -8.61. The second-order valence-electron chi connectivity index (χ2n) is 15.9. The Kier molecular flexibility index (Phi) is 7.80. The molecule has 13 rings (SSSR count). The lowest BCUT2D eigenvalue weighted by Crippen LogP contribution is -2.01. The van der Waals surface area contributed by atoms with Crippen LogP contribution in [0.1, 0.15) is 0 Å². The summed E-state index contributed by atoms with van der Waals surface area (Å²) in [6.45, 7) is 0. The van der Waals surface area contributed by atoms with Crippen molar-refractivity contribution < 1.29 is 8.83 Å². The Labute approximate surface area is 361 Å². The molecule has 0 N–H and O–H groups in total. The van der Waals surface area contributed by atoms with Crippen LogP contribution in [0.5, 0.6) is 0 Å². The highest BCUT2D eigenvalue weighted by atomic mass is 16.3. The maximum atomic E-state index is 6.84. The number of rotatable bonds is 6. The first-order valence-corrected chi connectivity index (χ1v) is 21.1. The van der Waals surface area contributed by atoms with Crippen molar-refractivity contribution in [1.29, 1.82) is 0 Å². The van der Waals surface area contributed by atoms with Crippen LogP contribution in [0.15, 0.2) is 215 Å². The van der Waals surface area contributed by atoms with Gasteiger partial charge in [-0.15, -0.1) is 0 Å². The molecule has 0 radical (unpaired) electrons. The first-order valence-electron chi connectivity index (χ1n) is 21.1. The number of hydrogen-bond acceptors (Lipinski definition) is 5. The highest BCUT2D eigenvalue weighted by Crippen LogP contribution is 2.47. The summed E-state index contributed by atoms with van der Waals surface area (Å²) in [5.41, 5.74) is 13.4. The molecule has 63 heavy (non-hydrogen) atoms. The van der Waals surface area contributed by atoms with Gasteiger partial charge in [0.2, 0.25) is 0 Å². The van der Waals surface area contributed by atoms with Crippen molar-refractivity contribution in [1.82, 2.24) is 19.5 Å². The quantitative estimate of drug-likeness (QED) is 0.167. The monoisotopic (exact) mass is 806 g/mol. The van der Waals surface area contributed by atoms with E-state index < -0.39 is 0 Å². The highest BCUT2D eigenvalue weighted by Gasteiger charge is 2.24. The minimum absolute atomic E-state index is 0.569. The summed E-state index contributed by atoms with van der Waals surface area (Å²) < 4.78 is 15.5. The fourth-order valence-corrected chi connectivity index (χ4v) is 9.46. The number of nitrogens with zero attached hydrogens (tertiary/aromatic N) is 4. The molecular weight excluding hydrogens is 773 g/mol. The first-order chi connectivity index (χ1) is 31.2. The molecule has 4 heterocycles. The summed E-state index contributed by atoms with van der Waals surface area (Å²) in [6.07, 6.45) is 0. The van der Waals surface area contributed by atoms with Gasteiger partial charge in [-0.3, -0.25) is 0 Å². The van der Waals surface area contributed by atoms with E-state index in [1.807, 2.05) is 72.8 Å². The molecule has 294 valence electrons. The van der Waals surface area contributed by atoms with Gasteiger partial charge in [-0.05, 0) is 77.4 Å². The predicted octanol–water partition coefficient (Wildman–Crippen LogP) is 15.1. The summed E-state index contributed by atoms with van der Waals surface area (Å²) in [7, 11) is 0. The van der Waals surface area contributed by atoms with E-state index in [9.17, 15) is 0 Å². The lowest BCUT2D eigenvalue weighted by atomic mass is 9.90. The minimum atomic E-state index is 0.569. The van der Waals surface area contributed by atoms with Crippen molar-refractivity contribution in [2.45, 2.75) is 0 Å². The van der Waals surface area contributed by atoms with Crippen molar-refractivity contribution in [3.05, 3.63) is 206 Å². The van der Waals surface area contributed by atoms with Crippen LogP contribution < -0.4 is 0 Å². The topological polar surface area (TPSA) is 69.9 Å². The molecule has 0 aliphatic carbocycles. The third kappa shape index (κ3) is 5.62. The average Bonchev–Trinajstić information content (AvgIpc) is 4.04. The molecule has 0 unspecified atom stereocenters. The van der Waals surface area contributed by atoms with Crippen LogP contribution in [0.25, 0.3) is 128 Å². The molecule has 0 atom stereocenters. The maximum absolute atomic E-state index is 6.84. The number of furan rings is 2. The molecule has 4 aromatic heterocycles. The Bertz CT molecular complexity index is 3810. The van der Waals surface area contributed by atoms with Crippen molar-refractivity contribution in [3.63, 3.8) is 0 Å². The molecule has 0 aliphatic heterocycles. The van der Waals surface area contributed by atoms with E-state index in [1.165, 1.54) is 10.8 Å². The Morgan fingerprint density at radius 3 is 1.59 bits per heavy atom. The van der Waals surface area contributed by atoms with Crippen molar-refractivity contribution >= 4 is 65.7 Å². The summed E-state index contributed by atoms with van der Waals surface area (Å²) in [5, 5.41) is 6.57. The molecule has 6 nitrogen and oxygen atoms in total. The lowest BCUT2D eigenvalue weighted by Gasteiger charge is -2.16. The SMILES string of the molecule is c1ccc(-c2nc(-c3ccccc3)nc(-c3ccc4oc5cccc(-c6ccc7oc8ccccc8c7c6)c5c4c3-c3cccc(-n4c5ccccc5c5ccccc54)c3)n2)cc1. The van der Waals surface area contributed by atoms with E-state index in [-0.39, 0.29) is 0 Å². The number of hydrogen-bond donors (Lipinski definition) is 0. The number of benzene rings is 9. The largest absolute Gasteiger partial charge is 0.456 e. The van der Waals surface area contributed by atoms with E-state index in [4.69, 9.17) is 23.8 Å². The lowest BCUT2D eigenvalue weighted by molar-refractivity contribution is 0.669. The standard InChI is InChI=1S/C57H34N4O2/c1-3-15-35(16-4-1)55-58-56(36-17-5-2-6-18-36)60-57(59-55)44-30-32-51-54(52(44)38-19-13-20-39(33-38)61-46-25-10-7-21-41(46)42-22-8-11-26-47(42)61)53-40(24-14-28-50(53)63-51)37-29-31-49-45(34-37)43-23-9-12-27-48(43)62-49/h1-34H. The van der Waals surface area contributed by atoms with Gasteiger partial charge < -0.3 is 13.4 Å². The van der Waals surface area contributed by atoms with Crippen LogP contribution in [-0.4, -0.2) is 19.5 Å². The summed E-state index contributed by atoms with van der Waals surface area (Å²) in [6, 6.07) is 71.5. The second-order valence-corrected chi connectivity index (χ2v) is 15.9. The van der Waals surface area contributed by atoms with Gasteiger partial charge in [0, 0.05) is 60.3 Å². The molecule has 0 saturated carbocycles. The van der Waals surface area contributed by atoms with Gasteiger partial charge in [0.25, 0.3) is 0 Å². The fourth-order valence-electron chi connectivity index (χ4n) is 9.46. The molecule has 0 amide bonds. The molecule has 0 saturated heterocycles. The number of fused-ring (bicyclic) bond motifs is 9. The Balaban J connectivity index is 1.13. The summed E-state index contributed by atoms with van der Waals surface area (Å²) in [4.78, 5) is 15.6. The van der Waals surface area contributed by atoms with E-state index in [1.54, 1.807) is 0 Å². The molecule has 0 spiro atoms. The number of aromatic nitrogens is 4.